The average molecular weight is 208 g/mol. The summed E-state index contributed by atoms with van der Waals surface area (Å²) in [6.07, 6.45) is 10.6. The zero-order valence-corrected chi connectivity index (χ0v) is 10.8. The molecular formula is C15H28. The van der Waals surface area contributed by atoms with Crippen molar-refractivity contribution in [1.82, 2.24) is 0 Å². The number of hydrogen-bond donors (Lipinski definition) is 0. The largest absolute Gasteiger partial charge is 0.0651 e. The maximum atomic E-state index is 2.43. The van der Waals surface area contributed by atoms with E-state index in [0.717, 1.165) is 29.6 Å². The molecule has 0 aromatic carbocycles. The van der Waals surface area contributed by atoms with Gasteiger partial charge in [-0.25, -0.2) is 0 Å². The topological polar surface area (TPSA) is 0 Å². The predicted octanol–water partition coefficient (Wildman–Crippen LogP) is 4.89. The molecule has 5 unspecified atom stereocenters. The van der Waals surface area contributed by atoms with Crippen LogP contribution in [0.25, 0.3) is 0 Å². The van der Waals surface area contributed by atoms with Crippen molar-refractivity contribution >= 4 is 0 Å². The minimum absolute atomic E-state index is 0.975. The third-order valence-corrected chi connectivity index (χ3v) is 5.14. The van der Waals surface area contributed by atoms with Gasteiger partial charge in [0, 0.05) is 0 Å². The fourth-order valence-corrected chi connectivity index (χ4v) is 3.68. The Kier molecular flexibility index (Phi) is 3.74. The smallest absolute Gasteiger partial charge is 0.0354 e. The quantitative estimate of drug-likeness (QED) is 0.604. The molecule has 0 heterocycles. The predicted molar refractivity (Wildman–Crippen MR) is 66.8 cm³/mol. The first-order chi connectivity index (χ1) is 7.24. The van der Waals surface area contributed by atoms with Gasteiger partial charge in [-0.3, -0.25) is 0 Å². The van der Waals surface area contributed by atoms with Crippen molar-refractivity contribution in [3.8, 4) is 0 Å². The monoisotopic (exact) mass is 208 g/mol. The molecule has 0 amide bonds. The van der Waals surface area contributed by atoms with Crippen molar-refractivity contribution in [2.24, 2.45) is 29.6 Å². The summed E-state index contributed by atoms with van der Waals surface area (Å²) in [6.45, 7) is 7.14. The van der Waals surface area contributed by atoms with Gasteiger partial charge in [-0.2, -0.15) is 0 Å². The lowest BCUT2D eigenvalue weighted by atomic mass is 9.94. The van der Waals surface area contributed by atoms with E-state index >= 15 is 0 Å². The molecule has 5 atom stereocenters. The molecule has 0 heteroatoms. The van der Waals surface area contributed by atoms with Crippen LogP contribution < -0.4 is 0 Å². The Labute approximate surface area is 95.8 Å². The summed E-state index contributed by atoms with van der Waals surface area (Å²) in [7, 11) is 0. The maximum absolute atomic E-state index is 2.43. The van der Waals surface area contributed by atoms with E-state index < -0.39 is 0 Å². The van der Waals surface area contributed by atoms with E-state index in [4.69, 9.17) is 0 Å². The summed E-state index contributed by atoms with van der Waals surface area (Å²) in [5, 5.41) is 0. The Bertz CT molecular complexity index is 196. The van der Waals surface area contributed by atoms with Gasteiger partial charge in [0.2, 0.25) is 0 Å². The summed E-state index contributed by atoms with van der Waals surface area (Å²) >= 11 is 0. The second-order valence-electron chi connectivity index (χ2n) is 6.26. The zero-order chi connectivity index (χ0) is 10.8. The fraction of sp³-hybridized carbons (Fsp3) is 1.00. The van der Waals surface area contributed by atoms with E-state index in [1.54, 1.807) is 19.3 Å². The lowest BCUT2D eigenvalue weighted by Gasteiger charge is -2.11. The van der Waals surface area contributed by atoms with E-state index in [1.807, 2.05) is 0 Å². The Morgan fingerprint density at radius 1 is 1.13 bits per heavy atom. The van der Waals surface area contributed by atoms with Gasteiger partial charge in [-0.15, -0.1) is 0 Å². The molecule has 2 aliphatic rings. The molecule has 0 saturated heterocycles. The number of hydrogen-bond acceptors (Lipinski definition) is 0. The summed E-state index contributed by atoms with van der Waals surface area (Å²) in [5.74, 6) is 5.46. The maximum Gasteiger partial charge on any atom is -0.0354 e. The summed E-state index contributed by atoms with van der Waals surface area (Å²) in [4.78, 5) is 0. The van der Waals surface area contributed by atoms with Crippen LogP contribution in [0.3, 0.4) is 0 Å². The highest BCUT2D eigenvalue weighted by molar-refractivity contribution is 4.94. The molecule has 15 heavy (non-hydrogen) atoms. The molecule has 0 radical (unpaired) electrons. The third kappa shape index (κ3) is 2.77. The Morgan fingerprint density at radius 3 is 2.53 bits per heavy atom. The van der Waals surface area contributed by atoms with Crippen LogP contribution in [-0.4, -0.2) is 0 Å². The SMILES string of the molecule is CCC(C)CC1CC1C1CCC(CC)C1. The van der Waals surface area contributed by atoms with E-state index in [-0.39, 0.29) is 0 Å². The third-order valence-electron chi connectivity index (χ3n) is 5.14. The van der Waals surface area contributed by atoms with Crippen LogP contribution in [0.2, 0.25) is 0 Å². The van der Waals surface area contributed by atoms with Crippen molar-refractivity contribution in [2.45, 2.75) is 65.7 Å². The van der Waals surface area contributed by atoms with Crippen molar-refractivity contribution in [2.75, 3.05) is 0 Å². The standard InChI is InChI=1S/C15H28/c1-4-11(3)8-14-10-15(14)13-7-6-12(5-2)9-13/h11-15H,4-10H2,1-3H3. The summed E-state index contributed by atoms with van der Waals surface area (Å²) in [5.41, 5.74) is 0. The second kappa shape index (κ2) is 4.89. The van der Waals surface area contributed by atoms with Crippen LogP contribution in [0.4, 0.5) is 0 Å². The van der Waals surface area contributed by atoms with Gasteiger partial charge in [-0.1, -0.05) is 40.0 Å². The molecule has 0 bridgehead atoms. The Balaban J connectivity index is 1.70. The lowest BCUT2D eigenvalue weighted by Crippen LogP contribution is -2.02. The van der Waals surface area contributed by atoms with Gasteiger partial charge in [0.05, 0.1) is 0 Å². The van der Waals surface area contributed by atoms with E-state index in [2.05, 4.69) is 20.8 Å². The minimum Gasteiger partial charge on any atom is -0.0651 e. The first-order valence-corrected chi connectivity index (χ1v) is 7.24. The molecule has 2 rings (SSSR count). The highest BCUT2D eigenvalue weighted by atomic mass is 14.5. The lowest BCUT2D eigenvalue weighted by molar-refractivity contribution is 0.387. The van der Waals surface area contributed by atoms with E-state index in [1.165, 1.54) is 25.7 Å². The van der Waals surface area contributed by atoms with Gasteiger partial charge >= 0.3 is 0 Å². The highest BCUT2D eigenvalue weighted by Crippen LogP contribution is 2.54. The second-order valence-corrected chi connectivity index (χ2v) is 6.26. The van der Waals surface area contributed by atoms with Gasteiger partial charge < -0.3 is 0 Å². The van der Waals surface area contributed by atoms with Crippen molar-refractivity contribution in [3.05, 3.63) is 0 Å². The van der Waals surface area contributed by atoms with Crippen LogP contribution in [0.15, 0.2) is 0 Å². The van der Waals surface area contributed by atoms with E-state index in [0.29, 0.717) is 0 Å². The minimum atomic E-state index is 0.975. The van der Waals surface area contributed by atoms with Gasteiger partial charge in [0.1, 0.15) is 0 Å². The van der Waals surface area contributed by atoms with Gasteiger partial charge in [0.25, 0.3) is 0 Å². The fourth-order valence-electron chi connectivity index (χ4n) is 3.68. The van der Waals surface area contributed by atoms with Crippen LogP contribution in [0.1, 0.15) is 65.7 Å². The molecule has 0 aromatic heterocycles. The molecule has 2 aliphatic carbocycles. The van der Waals surface area contributed by atoms with Gasteiger partial charge in [-0.05, 0) is 55.3 Å². The van der Waals surface area contributed by atoms with E-state index in [9.17, 15) is 0 Å². The van der Waals surface area contributed by atoms with Crippen molar-refractivity contribution < 1.29 is 0 Å². The average Bonchev–Trinajstić information content (AvgIpc) is 2.84. The molecule has 0 aromatic rings. The first kappa shape index (κ1) is 11.5. The molecule has 88 valence electrons. The Morgan fingerprint density at radius 2 is 1.93 bits per heavy atom. The normalized spacial score (nSPS) is 41.8. The zero-order valence-electron chi connectivity index (χ0n) is 10.8. The van der Waals surface area contributed by atoms with Crippen LogP contribution >= 0.6 is 0 Å². The highest BCUT2D eigenvalue weighted by Gasteiger charge is 2.44. The molecule has 0 nitrogen and oxygen atoms in total. The van der Waals surface area contributed by atoms with Gasteiger partial charge in [0.15, 0.2) is 0 Å². The molecule has 0 spiro atoms. The molecule has 0 N–H and O–H groups in total. The molecule has 2 saturated carbocycles. The van der Waals surface area contributed by atoms with Crippen LogP contribution in [-0.2, 0) is 0 Å². The van der Waals surface area contributed by atoms with Crippen molar-refractivity contribution in [3.63, 3.8) is 0 Å². The summed E-state index contributed by atoms with van der Waals surface area (Å²) < 4.78 is 0. The first-order valence-electron chi connectivity index (χ1n) is 7.24. The summed E-state index contributed by atoms with van der Waals surface area (Å²) in [6, 6.07) is 0. The van der Waals surface area contributed by atoms with Crippen molar-refractivity contribution in [1.29, 1.82) is 0 Å². The number of rotatable bonds is 5. The van der Waals surface area contributed by atoms with Crippen LogP contribution in [0, 0.1) is 29.6 Å². The molecule has 2 fully saturated rings. The molecule has 0 aliphatic heterocycles. The van der Waals surface area contributed by atoms with Crippen LogP contribution in [0.5, 0.6) is 0 Å². The molecular weight excluding hydrogens is 180 g/mol. The Hall–Kier alpha value is 0.